The quantitative estimate of drug-likeness (QED) is 0.184. The highest BCUT2D eigenvalue weighted by Gasteiger charge is 2.37. The Labute approximate surface area is 233 Å². The van der Waals surface area contributed by atoms with Crippen LogP contribution in [0, 0.1) is 0 Å². The first-order valence-electron chi connectivity index (χ1n) is 12.6. The highest BCUT2D eigenvalue weighted by molar-refractivity contribution is 6.35. The van der Waals surface area contributed by atoms with Crippen molar-refractivity contribution < 1.29 is 54.2 Å². The van der Waals surface area contributed by atoms with E-state index in [-0.39, 0.29) is 23.0 Å². The molecule has 9 N–H and O–H groups in total. The number of carboxylic acids is 2. The number of nitrogens with two attached hydrogens (primary N) is 1. The van der Waals surface area contributed by atoms with Crippen LogP contribution in [-0.2, 0) is 14.3 Å². The predicted octanol–water partition coefficient (Wildman–Crippen LogP) is -0.356. The predicted molar refractivity (Wildman–Crippen MR) is 141 cm³/mol. The number of piperidine rings is 1. The second-order valence-corrected chi connectivity index (χ2v) is 10.5. The minimum atomic E-state index is -2.27. The van der Waals surface area contributed by atoms with E-state index in [2.05, 4.69) is 10.2 Å². The molecule has 2 saturated heterocycles. The number of ether oxygens (including phenoxy) is 1. The van der Waals surface area contributed by atoms with E-state index in [1.807, 2.05) is 0 Å². The van der Waals surface area contributed by atoms with E-state index in [1.54, 1.807) is 6.07 Å². The molecule has 15 heteroatoms. The summed E-state index contributed by atoms with van der Waals surface area (Å²) in [5, 5.41) is 57.8. The standard InChI is InChI=1S/C21H28ClN3O5.C4H6O6/c22-16-11-15(18-14(17(16)23)1-8-30-18)19(26)24-12-20(27)2-6-25(7-3-20)13-21(28)4-9-29-10-5-21;5-1(3(7)8)2(6)4(9)10/h1,8,11,27-28H,2-7,9-10,12-13,23H2,(H,24,26);1-2,5-6H,(H,7,8)(H,9,10)/t;1-,2-/m.1/s1. The van der Waals surface area contributed by atoms with Crippen LogP contribution in [0.15, 0.2) is 22.8 Å². The number of carbonyl (C=O) groups is 3. The SMILES string of the molecule is Nc1c(Cl)cc(C(=O)NCC2(O)CCN(CC3(O)CCOCC3)CC2)c2occc12.O=C(O)[C@H](O)[C@@H](O)C(=O)O. The van der Waals surface area contributed by atoms with Crippen LogP contribution in [0.2, 0.25) is 5.02 Å². The molecule has 1 aromatic heterocycles. The van der Waals surface area contributed by atoms with Crippen LogP contribution in [0.5, 0.6) is 0 Å². The Bertz CT molecular complexity index is 1190. The first-order chi connectivity index (χ1) is 18.8. The molecule has 2 aliphatic rings. The fourth-order valence-corrected chi connectivity index (χ4v) is 4.75. The molecular weight excluding hydrogens is 554 g/mol. The van der Waals surface area contributed by atoms with Crippen LogP contribution in [0.4, 0.5) is 5.69 Å². The van der Waals surface area contributed by atoms with E-state index < -0.39 is 35.3 Å². The second kappa shape index (κ2) is 13.1. The number of amides is 1. The lowest BCUT2D eigenvalue weighted by molar-refractivity contribution is -0.165. The molecule has 0 unspecified atom stereocenters. The van der Waals surface area contributed by atoms with E-state index in [0.29, 0.717) is 75.2 Å². The number of hydrogen-bond donors (Lipinski definition) is 8. The zero-order chi connectivity index (χ0) is 29.7. The number of nitrogen functional groups attached to an aromatic ring is 1. The largest absolute Gasteiger partial charge is 0.479 e. The smallest absolute Gasteiger partial charge is 0.335 e. The molecule has 2 atom stereocenters. The molecule has 222 valence electrons. The van der Waals surface area contributed by atoms with Gasteiger partial charge in [-0.3, -0.25) is 4.79 Å². The Morgan fingerprint density at radius 2 is 1.60 bits per heavy atom. The summed E-state index contributed by atoms with van der Waals surface area (Å²) in [6.07, 6.45) is -0.777. The monoisotopic (exact) mass is 587 g/mol. The second-order valence-electron chi connectivity index (χ2n) is 10.1. The number of β-amino-alcohol motifs (C(OH)–C–C–N with tert-alkyl or cyclic N) is 1. The number of aliphatic hydroxyl groups excluding tert-OH is 2. The average molecular weight is 588 g/mol. The molecule has 0 radical (unpaired) electrons. The number of furan rings is 1. The van der Waals surface area contributed by atoms with Gasteiger partial charge in [0.1, 0.15) is 5.58 Å². The lowest BCUT2D eigenvalue weighted by Crippen LogP contribution is -2.54. The maximum atomic E-state index is 12.7. The maximum Gasteiger partial charge on any atom is 0.335 e. The number of nitrogens with zero attached hydrogens (tertiary/aromatic N) is 1. The van der Waals surface area contributed by atoms with Gasteiger partial charge < -0.3 is 55.7 Å². The maximum absolute atomic E-state index is 12.7. The van der Waals surface area contributed by atoms with Crippen molar-refractivity contribution >= 4 is 46.1 Å². The Hall–Kier alpha value is -2.98. The summed E-state index contributed by atoms with van der Waals surface area (Å²) in [6.45, 7) is 3.19. The van der Waals surface area contributed by atoms with Gasteiger partial charge in [0.15, 0.2) is 12.2 Å². The molecule has 1 amide bonds. The fraction of sp³-hybridized carbons (Fsp3) is 0.560. The molecule has 2 fully saturated rings. The van der Waals surface area contributed by atoms with Gasteiger partial charge in [0, 0.05) is 57.6 Å². The number of rotatable bonds is 8. The number of carboxylic acid groups (broad SMARTS) is 2. The third-order valence-corrected chi connectivity index (χ3v) is 7.40. The molecule has 14 nitrogen and oxygen atoms in total. The molecule has 0 bridgehead atoms. The van der Waals surface area contributed by atoms with Crippen molar-refractivity contribution in [2.45, 2.75) is 49.1 Å². The van der Waals surface area contributed by atoms with Gasteiger partial charge in [-0.2, -0.15) is 0 Å². The van der Waals surface area contributed by atoms with Crippen molar-refractivity contribution in [2.24, 2.45) is 0 Å². The van der Waals surface area contributed by atoms with E-state index in [0.717, 1.165) is 0 Å². The molecule has 0 spiro atoms. The Kier molecular flexibility index (Phi) is 10.3. The van der Waals surface area contributed by atoms with Crippen molar-refractivity contribution in [3.8, 4) is 0 Å². The number of fused-ring (bicyclic) bond motifs is 1. The Balaban J connectivity index is 0.000000378. The zero-order valence-corrected chi connectivity index (χ0v) is 22.3. The highest BCUT2D eigenvalue weighted by atomic mass is 35.5. The zero-order valence-electron chi connectivity index (χ0n) is 21.6. The number of carbonyl (C=O) groups excluding carboxylic acids is 1. The normalized spacial score (nSPS) is 20.1. The molecular formula is C25H34ClN3O11. The van der Waals surface area contributed by atoms with Crippen LogP contribution in [-0.4, -0.2) is 116 Å². The number of nitrogens with one attached hydrogen (secondary N) is 1. The van der Waals surface area contributed by atoms with Crippen molar-refractivity contribution in [1.29, 1.82) is 0 Å². The van der Waals surface area contributed by atoms with Crippen LogP contribution in [0.3, 0.4) is 0 Å². The third kappa shape index (κ3) is 7.81. The van der Waals surface area contributed by atoms with Gasteiger partial charge in [-0.05, 0) is 25.0 Å². The minimum Gasteiger partial charge on any atom is -0.479 e. The van der Waals surface area contributed by atoms with Gasteiger partial charge in [-0.1, -0.05) is 11.6 Å². The van der Waals surface area contributed by atoms with Crippen molar-refractivity contribution in [3.63, 3.8) is 0 Å². The average Bonchev–Trinajstić information content (AvgIpc) is 3.41. The number of anilines is 1. The lowest BCUT2D eigenvalue weighted by Gasteiger charge is -2.42. The summed E-state index contributed by atoms with van der Waals surface area (Å²) >= 11 is 6.15. The molecule has 4 rings (SSSR count). The van der Waals surface area contributed by atoms with Crippen molar-refractivity contribution in [1.82, 2.24) is 10.2 Å². The summed E-state index contributed by atoms with van der Waals surface area (Å²) in [7, 11) is 0. The first-order valence-corrected chi connectivity index (χ1v) is 12.9. The van der Waals surface area contributed by atoms with Gasteiger partial charge in [0.05, 0.1) is 33.7 Å². The first kappa shape index (κ1) is 31.5. The molecule has 0 saturated carbocycles. The summed E-state index contributed by atoms with van der Waals surface area (Å²) in [6, 6.07) is 3.15. The van der Waals surface area contributed by atoms with Gasteiger partial charge in [-0.25, -0.2) is 9.59 Å². The van der Waals surface area contributed by atoms with Crippen LogP contribution < -0.4 is 11.1 Å². The van der Waals surface area contributed by atoms with Crippen LogP contribution in [0.25, 0.3) is 11.0 Å². The van der Waals surface area contributed by atoms with Crippen molar-refractivity contribution in [2.75, 3.05) is 45.1 Å². The van der Waals surface area contributed by atoms with E-state index in [1.165, 1.54) is 12.3 Å². The summed E-state index contributed by atoms with van der Waals surface area (Å²) in [4.78, 5) is 34.5. The minimum absolute atomic E-state index is 0.127. The van der Waals surface area contributed by atoms with Gasteiger partial charge >= 0.3 is 11.9 Å². The van der Waals surface area contributed by atoms with Gasteiger partial charge in [0.2, 0.25) is 0 Å². The summed E-state index contributed by atoms with van der Waals surface area (Å²) < 4.78 is 10.8. The fourth-order valence-electron chi connectivity index (χ4n) is 4.54. The number of aliphatic carboxylic acids is 2. The summed E-state index contributed by atoms with van der Waals surface area (Å²) in [5.74, 6) is -3.91. The number of likely N-dealkylation sites (tertiary alicyclic amines) is 1. The molecule has 0 aliphatic carbocycles. The summed E-state index contributed by atoms with van der Waals surface area (Å²) in [5.41, 5.74) is 5.26. The van der Waals surface area contributed by atoms with E-state index >= 15 is 0 Å². The number of hydrogen-bond acceptors (Lipinski definition) is 11. The van der Waals surface area contributed by atoms with E-state index in [9.17, 15) is 24.6 Å². The Morgan fingerprint density at radius 1 is 1.02 bits per heavy atom. The molecule has 2 aromatic rings. The van der Waals surface area contributed by atoms with Crippen molar-refractivity contribution in [3.05, 3.63) is 29.0 Å². The van der Waals surface area contributed by atoms with E-state index in [4.69, 9.17) is 46.9 Å². The van der Waals surface area contributed by atoms with Gasteiger partial charge in [-0.15, -0.1) is 0 Å². The highest BCUT2D eigenvalue weighted by Crippen LogP contribution is 2.33. The number of aliphatic hydroxyl groups is 4. The Morgan fingerprint density at radius 3 is 2.15 bits per heavy atom. The lowest BCUT2D eigenvalue weighted by atomic mass is 9.88. The number of halogens is 1. The molecule has 2 aliphatic heterocycles. The molecule has 3 heterocycles. The molecule has 1 aromatic carbocycles. The van der Waals surface area contributed by atoms with Crippen LogP contribution >= 0.6 is 11.6 Å². The van der Waals surface area contributed by atoms with Crippen LogP contribution in [0.1, 0.15) is 36.0 Å². The topological polar surface area (TPSA) is 236 Å². The third-order valence-electron chi connectivity index (χ3n) is 7.08. The molecule has 40 heavy (non-hydrogen) atoms. The van der Waals surface area contributed by atoms with Gasteiger partial charge in [0.25, 0.3) is 5.91 Å². The number of benzene rings is 1.